The van der Waals surface area contributed by atoms with Crippen LogP contribution < -0.4 is 5.43 Å². The zero-order valence-electron chi connectivity index (χ0n) is 16.0. The van der Waals surface area contributed by atoms with Crippen molar-refractivity contribution in [2.24, 2.45) is 11.0 Å². The van der Waals surface area contributed by atoms with Crippen molar-refractivity contribution in [1.29, 1.82) is 0 Å². The number of benzene rings is 1. The molecule has 4 rings (SSSR count). The Morgan fingerprint density at radius 3 is 2.62 bits per heavy atom. The largest absolute Gasteiger partial charge is 0.253 e. The number of piperidine rings is 1. The number of anilines is 1. The number of hydrazone groups is 1. The van der Waals surface area contributed by atoms with Gasteiger partial charge in [0.1, 0.15) is 0 Å². The topological polar surface area (TPSA) is 74.7 Å². The van der Waals surface area contributed by atoms with Gasteiger partial charge in [0.15, 0.2) is 0 Å². The predicted octanol–water partition coefficient (Wildman–Crippen LogP) is 4.74. The molecule has 6 nitrogen and oxygen atoms in total. The Bertz CT molecular complexity index is 1070. The van der Waals surface area contributed by atoms with E-state index >= 15 is 0 Å². The highest BCUT2D eigenvalue weighted by molar-refractivity contribution is 7.89. The Kier molecular flexibility index (Phi) is 6.09. The molecule has 1 aliphatic heterocycles. The molecule has 0 atom stereocenters. The van der Waals surface area contributed by atoms with Crippen molar-refractivity contribution in [3.63, 3.8) is 0 Å². The third kappa shape index (κ3) is 4.75. The third-order valence-corrected chi connectivity index (χ3v) is 8.40. The zero-order valence-corrected chi connectivity index (χ0v) is 18.4. The second kappa shape index (κ2) is 8.74. The fourth-order valence-corrected chi connectivity index (χ4v) is 5.87. The number of thiazole rings is 1. The second-order valence-electron chi connectivity index (χ2n) is 7.03. The molecule has 0 saturated carbocycles. The quantitative estimate of drug-likeness (QED) is 0.438. The summed E-state index contributed by atoms with van der Waals surface area (Å²) in [4.78, 5) is 5.93. The van der Waals surface area contributed by atoms with Crippen molar-refractivity contribution < 1.29 is 8.42 Å². The van der Waals surface area contributed by atoms with E-state index in [1.54, 1.807) is 34.0 Å². The Labute approximate surface area is 179 Å². The lowest BCUT2D eigenvalue weighted by atomic mass is 10.0. The first-order valence-electron chi connectivity index (χ1n) is 9.41. The van der Waals surface area contributed by atoms with Crippen LogP contribution in [0.25, 0.3) is 11.3 Å². The van der Waals surface area contributed by atoms with E-state index in [1.807, 2.05) is 35.0 Å². The number of thiophene rings is 1. The van der Waals surface area contributed by atoms with Crippen LogP contribution in [-0.2, 0) is 10.0 Å². The van der Waals surface area contributed by atoms with Crippen LogP contribution in [0.4, 0.5) is 5.13 Å². The molecule has 0 amide bonds. The summed E-state index contributed by atoms with van der Waals surface area (Å²) in [6.07, 6.45) is 3.59. The van der Waals surface area contributed by atoms with Crippen LogP contribution in [0, 0.1) is 5.92 Å². The number of aromatic nitrogens is 1. The van der Waals surface area contributed by atoms with Gasteiger partial charge in [-0.05, 0) is 42.3 Å². The van der Waals surface area contributed by atoms with Crippen LogP contribution in [0.1, 0.15) is 24.6 Å². The predicted molar refractivity (Wildman–Crippen MR) is 120 cm³/mol. The van der Waals surface area contributed by atoms with E-state index in [4.69, 9.17) is 0 Å². The van der Waals surface area contributed by atoms with Gasteiger partial charge in [-0.3, -0.25) is 5.43 Å². The minimum Gasteiger partial charge on any atom is -0.253 e. The summed E-state index contributed by atoms with van der Waals surface area (Å²) in [5.74, 6) is 0.589. The molecule has 9 heteroatoms. The maximum absolute atomic E-state index is 12.8. The van der Waals surface area contributed by atoms with Gasteiger partial charge >= 0.3 is 0 Å². The van der Waals surface area contributed by atoms with Gasteiger partial charge in [-0.25, -0.2) is 13.4 Å². The normalized spacial score (nSPS) is 16.4. The summed E-state index contributed by atoms with van der Waals surface area (Å²) in [6, 6.07) is 10.9. The highest BCUT2D eigenvalue weighted by atomic mass is 32.2. The molecule has 0 bridgehead atoms. The molecule has 3 heterocycles. The van der Waals surface area contributed by atoms with Crippen molar-refractivity contribution in [3.05, 3.63) is 52.0 Å². The Balaban J connectivity index is 1.43. The lowest BCUT2D eigenvalue weighted by Gasteiger charge is -2.29. The van der Waals surface area contributed by atoms with Gasteiger partial charge < -0.3 is 0 Å². The monoisotopic (exact) mass is 446 g/mol. The molecule has 1 aliphatic rings. The number of nitrogens with zero attached hydrogens (tertiary/aromatic N) is 3. The molecule has 1 N–H and O–H groups in total. The molecule has 0 aliphatic carbocycles. The number of rotatable bonds is 6. The molecule has 0 unspecified atom stereocenters. The van der Waals surface area contributed by atoms with Crippen LogP contribution in [-0.4, -0.2) is 37.0 Å². The molecule has 29 heavy (non-hydrogen) atoms. The maximum Gasteiger partial charge on any atom is 0.243 e. The number of sulfonamides is 1. The Morgan fingerprint density at radius 2 is 1.93 bits per heavy atom. The zero-order chi connectivity index (χ0) is 20.3. The Morgan fingerprint density at radius 1 is 1.17 bits per heavy atom. The third-order valence-electron chi connectivity index (χ3n) is 4.93. The molecule has 0 radical (unpaired) electrons. The smallest absolute Gasteiger partial charge is 0.243 e. The van der Waals surface area contributed by atoms with Gasteiger partial charge in [0.25, 0.3) is 0 Å². The fourth-order valence-electron chi connectivity index (χ4n) is 3.15. The van der Waals surface area contributed by atoms with E-state index in [0.29, 0.717) is 29.0 Å². The summed E-state index contributed by atoms with van der Waals surface area (Å²) >= 11 is 3.07. The van der Waals surface area contributed by atoms with Crippen LogP contribution >= 0.6 is 22.7 Å². The summed E-state index contributed by atoms with van der Waals surface area (Å²) in [5.41, 5.74) is 4.61. The molecule has 1 aromatic carbocycles. The molecule has 2 aromatic heterocycles. The Hall–Kier alpha value is -2.07. The van der Waals surface area contributed by atoms with Crippen molar-refractivity contribution in [3.8, 4) is 11.3 Å². The highest BCUT2D eigenvalue weighted by Crippen LogP contribution is 2.28. The summed E-state index contributed by atoms with van der Waals surface area (Å²) in [5, 5.41) is 8.81. The summed E-state index contributed by atoms with van der Waals surface area (Å²) in [6.45, 7) is 3.36. The number of hydrogen-bond donors (Lipinski definition) is 1. The molecule has 152 valence electrons. The fraction of sp³-hybridized carbons (Fsp3) is 0.300. The van der Waals surface area contributed by atoms with E-state index in [0.717, 1.165) is 29.0 Å². The van der Waals surface area contributed by atoms with Crippen molar-refractivity contribution in [2.75, 3.05) is 18.5 Å². The second-order valence-corrected chi connectivity index (χ2v) is 10.8. The van der Waals surface area contributed by atoms with Crippen LogP contribution in [0.2, 0.25) is 0 Å². The standard InChI is InChI=1S/C20H22N4O2S3/c1-15-8-10-24(11-9-15)29(25,26)18-6-4-16(5-7-18)19-14-28-20(22-19)23-21-13-17-3-2-12-27-17/h2-7,12-15H,8-11H2,1H3,(H,22,23). The van der Waals surface area contributed by atoms with Gasteiger partial charge in [-0.15, -0.1) is 22.7 Å². The molecule has 3 aromatic rings. The SMILES string of the molecule is CC1CCN(S(=O)(=O)c2ccc(-c3csc(NN=Cc4cccs4)n3)cc2)CC1. The molecular formula is C20H22N4O2S3. The van der Waals surface area contributed by atoms with Crippen molar-refractivity contribution in [1.82, 2.24) is 9.29 Å². The minimum atomic E-state index is -3.43. The first-order valence-corrected chi connectivity index (χ1v) is 12.6. The van der Waals surface area contributed by atoms with Gasteiger partial charge in [0.2, 0.25) is 15.2 Å². The average molecular weight is 447 g/mol. The summed E-state index contributed by atoms with van der Waals surface area (Å²) < 4.78 is 27.3. The maximum atomic E-state index is 12.8. The lowest BCUT2D eigenvalue weighted by molar-refractivity contribution is 0.288. The summed E-state index contributed by atoms with van der Waals surface area (Å²) in [7, 11) is -3.43. The number of nitrogens with one attached hydrogen (secondary N) is 1. The lowest BCUT2D eigenvalue weighted by Crippen LogP contribution is -2.37. The average Bonchev–Trinajstić information content (AvgIpc) is 3.41. The first-order chi connectivity index (χ1) is 14.0. The van der Waals surface area contributed by atoms with E-state index < -0.39 is 10.0 Å². The van der Waals surface area contributed by atoms with E-state index in [-0.39, 0.29) is 0 Å². The first kappa shape index (κ1) is 20.2. The van der Waals surface area contributed by atoms with E-state index in [1.165, 1.54) is 11.3 Å². The van der Waals surface area contributed by atoms with Gasteiger partial charge in [-0.2, -0.15) is 9.41 Å². The van der Waals surface area contributed by atoms with Crippen LogP contribution in [0.3, 0.4) is 0 Å². The van der Waals surface area contributed by atoms with Crippen molar-refractivity contribution in [2.45, 2.75) is 24.7 Å². The van der Waals surface area contributed by atoms with Gasteiger partial charge in [-0.1, -0.05) is 25.1 Å². The van der Waals surface area contributed by atoms with Gasteiger partial charge in [0.05, 0.1) is 16.8 Å². The molecule has 0 spiro atoms. The van der Waals surface area contributed by atoms with Crippen LogP contribution in [0.15, 0.2) is 57.2 Å². The van der Waals surface area contributed by atoms with E-state index in [9.17, 15) is 8.42 Å². The highest BCUT2D eigenvalue weighted by Gasteiger charge is 2.27. The van der Waals surface area contributed by atoms with Crippen LogP contribution in [0.5, 0.6) is 0 Å². The minimum absolute atomic E-state index is 0.338. The molecule has 1 saturated heterocycles. The van der Waals surface area contributed by atoms with E-state index in [2.05, 4.69) is 22.4 Å². The number of hydrogen-bond acceptors (Lipinski definition) is 7. The molecular weight excluding hydrogens is 424 g/mol. The van der Waals surface area contributed by atoms with Gasteiger partial charge in [0, 0.05) is 28.9 Å². The molecule has 1 fully saturated rings. The van der Waals surface area contributed by atoms with Crippen molar-refractivity contribution >= 4 is 44.0 Å².